The predicted octanol–water partition coefficient (Wildman–Crippen LogP) is 2.50. The lowest BCUT2D eigenvalue weighted by molar-refractivity contribution is 0.280. The molecule has 0 heterocycles. The molecule has 0 saturated heterocycles. The molecule has 0 amide bonds. The Labute approximate surface area is 97.9 Å². The maximum atomic E-state index is 8.73. The average Bonchev–Trinajstić information content (AvgIpc) is 2.18. The standard InChI is InChI=1S/C12H19NO.ClH/c1-9-5-6-10(2)11(8-9)12(13)4-3-7-14;/h5-6,8,12,14H,3-4,7,13H2,1-2H3;1H/t12-;/m1./s1. The van der Waals surface area contributed by atoms with Crippen molar-refractivity contribution in [2.75, 3.05) is 6.61 Å². The van der Waals surface area contributed by atoms with E-state index in [9.17, 15) is 0 Å². The Balaban J connectivity index is 0.00000196. The molecule has 0 saturated carbocycles. The van der Waals surface area contributed by atoms with Crippen molar-refractivity contribution in [1.82, 2.24) is 0 Å². The van der Waals surface area contributed by atoms with E-state index in [0.29, 0.717) is 0 Å². The molecule has 0 radical (unpaired) electrons. The minimum Gasteiger partial charge on any atom is -0.396 e. The summed E-state index contributed by atoms with van der Waals surface area (Å²) in [6.45, 7) is 4.37. The fraction of sp³-hybridized carbons (Fsp3) is 0.500. The van der Waals surface area contributed by atoms with Crippen LogP contribution in [0.2, 0.25) is 0 Å². The summed E-state index contributed by atoms with van der Waals surface area (Å²) in [6.07, 6.45) is 1.62. The fourth-order valence-electron chi connectivity index (χ4n) is 1.63. The Morgan fingerprint density at radius 3 is 2.60 bits per heavy atom. The van der Waals surface area contributed by atoms with Crippen molar-refractivity contribution in [2.45, 2.75) is 32.7 Å². The minimum absolute atomic E-state index is 0. The van der Waals surface area contributed by atoms with Gasteiger partial charge in [-0.15, -0.1) is 12.4 Å². The van der Waals surface area contributed by atoms with Gasteiger partial charge in [0.05, 0.1) is 0 Å². The third-order valence-corrected chi connectivity index (χ3v) is 2.51. The van der Waals surface area contributed by atoms with Gasteiger partial charge in [-0.2, -0.15) is 0 Å². The van der Waals surface area contributed by atoms with Crippen LogP contribution < -0.4 is 5.73 Å². The smallest absolute Gasteiger partial charge is 0.0431 e. The van der Waals surface area contributed by atoms with Crippen LogP contribution in [-0.2, 0) is 0 Å². The Bertz CT molecular complexity index is 302. The number of aryl methyl sites for hydroxylation is 2. The first-order valence-corrected chi connectivity index (χ1v) is 5.08. The summed E-state index contributed by atoms with van der Waals surface area (Å²) in [5, 5.41) is 8.73. The summed E-state index contributed by atoms with van der Waals surface area (Å²) < 4.78 is 0. The minimum atomic E-state index is 0. The van der Waals surface area contributed by atoms with E-state index in [1.807, 2.05) is 0 Å². The first kappa shape index (κ1) is 14.4. The van der Waals surface area contributed by atoms with Crippen molar-refractivity contribution in [2.24, 2.45) is 5.73 Å². The lowest BCUT2D eigenvalue weighted by Gasteiger charge is -2.14. The topological polar surface area (TPSA) is 46.2 Å². The van der Waals surface area contributed by atoms with E-state index in [0.717, 1.165) is 12.8 Å². The Hall–Kier alpha value is -0.570. The molecule has 0 aromatic heterocycles. The van der Waals surface area contributed by atoms with Gasteiger partial charge in [0.1, 0.15) is 0 Å². The van der Waals surface area contributed by atoms with Crippen LogP contribution in [-0.4, -0.2) is 11.7 Å². The van der Waals surface area contributed by atoms with Gasteiger partial charge in [-0.05, 0) is 37.8 Å². The number of rotatable bonds is 4. The van der Waals surface area contributed by atoms with Crippen molar-refractivity contribution in [3.8, 4) is 0 Å². The molecule has 1 atom stereocenters. The summed E-state index contributed by atoms with van der Waals surface area (Å²) in [6, 6.07) is 6.39. The molecular formula is C12H20ClNO. The molecule has 0 unspecified atom stereocenters. The third-order valence-electron chi connectivity index (χ3n) is 2.51. The second-order valence-electron chi connectivity index (χ2n) is 3.83. The highest BCUT2D eigenvalue weighted by Crippen LogP contribution is 2.20. The third kappa shape index (κ3) is 4.20. The monoisotopic (exact) mass is 229 g/mol. The zero-order chi connectivity index (χ0) is 10.6. The molecule has 0 spiro atoms. The van der Waals surface area contributed by atoms with Crippen LogP contribution in [0.15, 0.2) is 18.2 Å². The quantitative estimate of drug-likeness (QED) is 0.834. The van der Waals surface area contributed by atoms with Gasteiger partial charge in [-0.3, -0.25) is 0 Å². The molecule has 0 aliphatic heterocycles. The zero-order valence-electron chi connectivity index (χ0n) is 9.36. The van der Waals surface area contributed by atoms with Crippen molar-refractivity contribution in [3.63, 3.8) is 0 Å². The van der Waals surface area contributed by atoms with Crippen LogP contribution in [0.5, 0.6) is 0 Å². The van der Waals surface area contributed by atoms with Gasteiger partial charge in [0, 0.05) is 12.6 Å². The van der Waals surface area contributed by atoms with Crippen molar-refractivity contribution >= 4 is 12.4 Å². The maximum Gasteiger partial charge on any atom is 0.0431 e. The van der Waals surface area contributed by atoms with Crippen LogP contribution in [0.1, 0.15) is 35.6 Å². The summed E-state index contributed by atoms with van der Waals surface area (Å²) in [5.74, 6) is 0. The molecule has 86 valence electrons. The van der Waals surface area contributed by atoms with Crippen molar-refractivity contribution < 1.29 is 5.11 Å². The van der Waals surface area contributed by atoms with E-state index in [4.69, 9.17) is 10.8 Å². The number of aliphatic hydroxyl groups is 1. The van der Waals surface area contributed by atoms with E-state index in [1.165, 1.54) is 16.7 Å². The summed E-state index contributed by atoms with van der Waals surface area (Å²) in [7, 11) is 0. The Kier molecular flexibility index (Phi) is 6.57. The lowest BCUT2D eigenvalue weighted by Crippen LogP contribution is -2.12. The van der Waals surface area contributed by atoms with E-state index < -0.39 is 0 Å². The van der Waals surface area contributed by atoms with E-state index in [2.05, 4.69) is 32.0 Å². The normalized spacial score (nSPS) is 12.0. The summed E-state index contributed by atoms with van der Waals surface area (Å²) in [4.78, 5) is 0. The van der Waals surface area contributed by atoms with Gasteiger partial charge >= 0.3 is 0 Å². The van der Waals surface area contributed by atoms with Gasteiger partial charge in [-0.25, -0.2) is 0 Å². The first-order valence-electron chi connectivity index (χ1n) is 5.08. The van der Waals surface area contributed by atoms with E-state index >= 15 is 0 Å². The second kappa shape index (κ2) is 6.83. The van der Waals surface area contributed by atoms with Gasteiger partial charge in [-0.1, -0.05) is 23.8 Å². The van der Waals surface area contributed by atoms with Gasteiger partial charge in [0.2, 0.25) is 0 Å². The highest BCUT2D eigenvalue weighted by Gasteiger charge is 2.08. The van der Waals surface area contributed by atoms with Gasteiger partial charge in [0.25, 0.3) is 0 Å². The molecule has 3 heteroatoms. The SMILES string of the molecule is Cc1ccc(C)c([C@H](N)CCCO)c1.Cl. The van der Waals surface area contributed by atoms with Crippen LogP contribution in [0.25, 0.3) is 0 Å². The van der Waals surface area contributed by atoms with E-state index in [1.54, 1.807) is 0 Å². The Morgan fingerprint density at radius 1 is 1.33 bits per heavy atom. The molecule has 15 heavy (non-hydrogen) atoms. The number of benzene rings is 1. The van der Waals surface area contributed by atoms with Gasteiger partial charge < -0.3 is 10.8 Å². The molecule has 0 aliphatic rings. The van der Waals surface area contributed by atoms with Crippen LogP contribution in [0.4, 0.5) is 0 Å². The number of aliphatic hydroxyl groups excluding tert-OH is 1. The molecule has 3 N–H and O–H groups in total. The van der Waals surface area contributed by atoms with Crippen LogP contribution in [0, 0.1) is 13.8 Å². The number of hydrogen-bond donors (Lipinski definition) is 2. The zero-order valence-corrected chi connectivity index (χ0v) is 10.2. The van der Waals surface area contributed by atoms with Crippen molar-refractivity contribution in [1.29, 1.82) is 0 Å². The Morgan fingerprint density at radius 2 is 2.00 bits per heavy atom. The molecule has 1 aromatic carbocycles. The summed E-state index contributed by atoms with van der Waals surface area (Å²) >= 11 is 0. The lowest BCUT2D eigenvalue weighted by atomic mass is 9.96. The highest BCUT2D eigenvalue weighted by atomic mass is 35.5. The molecule has 0 bridgehead atoms. The number of hydrogen-bond acceptors (Lipinski definition) is 2. The van der Waals surface area contributed by atoms with E-state index in [-0.39, 0.29) is 25.1 Å². The number of halogens is 1. The predicted molar refractivity (Wildman–Crippen MR) is 66.4 cm³/mol. The van der Waals surface area contributed by atoms with Gasteiger partial charge in [0.15, 0.2) is 0 Å². The summed E-state index contributed by atoms with van der Waals surface area (Å²) in [5.41, 5.74) is 9.72. The fourth-order valence-corrected chi connectivity index (χ4v) is 1.63. The highest BCUT2D eigenvalue weighted by molar-refractivity contribution is 5.85. The second-order valence-corrected chi connectivity index (χ2v) is 3.83. The molecule has 0 aliphatic carbocycles. The molecule has 1 rings (SSSR count). The van der Waals surface area contributed by atoms with Crippen molar-refractivity contribution in [3.05, 3.63) is 34.9 Å². The molecule has 1 aromatic rings. The largest absolute Gasteiger partial charge is 0.396 e. The maximum absolute atomic E-state index is 8.73. The molecule has 0 fully saturated rings. The van der Waals surface area contributed by atoms with Crippen LogP contribution >= 0.6 is 12.4 Å². The average molecular weight is 230 g/mol. The molecule has 2 nitrogen and oxygen atoms in total. The van der Waals surface area contributed by atoms with Crippen LogP contribution in [0.3, 0.4) is 0 Å². The number of nitrogens with two attached hydrogens (primary N) is 1. The molecular weight excluding hydrogens is 210 g/mol. The first-order chi connectivity index (χ1) is 6.65.